The van der Waals surface area contributed by atoms with Gasteiger partial charge in [-0.25, -0.2) is 0 Å². The van der Waals surface area contributed by atoms with Gasteiger partial charge in [-0.2, -0.15) is 0 Å². The number of aliphatic carboxylic acids is 1. The third-order valence-electron chi connectivity index (χ3n) is 17.9. The maximum Gasteiger partial charge on any atom is 0.306 e. The molecule has 9 nitrogen and oxygen atoms in total. The normalized spacial score (nSPS) is 12.5. The number of nitrogens with zero attached hydrogens (tertiary/aromatic N) is 1. The molecule has 9 heteroatoms. The fraction of sp³-hybridized carbons (Fsp3) is 0.961. The van der Waals surface area contributed by atoms with E-state index in [1.54, 1.807) is 0 Å². The summed E-state index contributed by atoms with van der Waals surface area (Å²) in [5.74, 6) is -2.24. The Morgan fingerprint density at radius 2 is 0.529 bits per heavy atom. The monoisotopic (exact) mass is 1200 g/mol. The highest BCUT2D eigenvalue weighted by Gasteiger charge is 2.22. The number of quaternary nitrogens is 1. The van der Waals surface area contributed by atoms with Crippen LogP contribution in [-0.2, 0) is 33.3 Å². The van der Waals surface area contributed by atoms with E-state index in [0.29, 0.717) is 17.4 Å². The maximum absolute atomic E-state index is 12.9. The molecule has 0 fully saturated rings. The highest BCUT2D eigenvalue weighted by molar-refractivity contribution is 5.70. The average Bonchev–Trinajstić information content (AvgIpc) is 3.48. The van der Waals surface area contributed by atoms with Crippen LogP contribution in [0.1, 0.15) is 412 Å². The lowest BCUT2D eigenvalue weighted by Crippen LogP contribution is -2.44. The Bertz CT molecular complexity index is 1350. The molecule has 0 saturated carbocycles. The molecule has 0 radical (unpaired) electrons. The predicted molar refractivity (Wildman–Crippen MR) is 362 cm³/mol. The van der Waals surface area contributed by atoms with E-state index in [1.807, 2.05) is 21.1 Å². The van der Waals surface area contributed by atoms with Gasteiger partial charge in [0.05, 0.1) is 40.3 Å². The smallest absolute Gasteiger partial charge is 0.306 e. The van der Waals surface area contributed by atoms with Crippen molar-refractivity contribution in [1.82, 2.24) is 0 Å². The third-order valence-corrected chi connectivity index (χ3v) is 17.9. The summed E-state index contributed by atoms with van der Waals surface area (Å²) in [6.07, 6.45) is 79.4. The van der Waals surface area contributed by atoms with Crippen molar-refractivity contribution >= 4 is 17.9 Å². The van der Waals surface area contributed by atoms with E-state index in [-0.39, 0.29) is 32.2 Å². The summed E-state index contributed by atoms with van der Waals surface area (Å²) in [5, 5.41) is 11.8. The van der Waals surface area contributed by atoms with Gasteiger partial charge in [-0.15, -0.1) is 0 Å². The minimum atomic E-state index is -1.62. The molecular weight excluding hydrogens is 1050 g/mol. The van der Waals surface area contributed by atoms with Gasteiger partial charge in [-0.1, -0.05) is 386 Å². The first kappa shape index (κ1) is 83.3. The van der Waals surface area contributed by atoms with Crippen LogP contribution in [-0.4, -0.2) is 82.3 Å². The fourth-order valence-corrected chi connectivity index (χ4v) is 12.0. The standard InChI is InChI=1S/C76H149NO8/c1-6-8-10-12-14-16-18-20-22-24-26-28-30-31-32-33-34-35-36-37-38-39-40-41-42-43-45-47-49-51-53-55-57-59-61-63-65-67-74(79)85-72(71-84-76(75(80)81)82-69-68-77(3,4)5)70-83-73(78)66-64-62-60-58-56-54-52-50-48-46-44-29-27-25-23-21-19-17-15-13-11-9-7-2/h72,76H,6-71H2,1-5H3. The molecule has 0 heterocycles. The van der Waals surface area contributed by atoms with Crippen LogP contribution in [0.3, 0.4) is 0 Å². The number of unbranched alkanes of at least 4 members (excludes halogenated alkanes) is 58. The lowest BCUT2D eigenvalue weighted by Gasteiger charge is -2.26. The second-order valence-electron chi connectivity index (χ2n) is 27.7. The number of likely N-dealkylation sites (N-methyl/N-ethyl adjacent to an activating group) is 1. The Kier molecular flexibility index (Phi) is 66.8. The van der Waals surface area contributed by atoms with Gasteiger partial charge in [0, 0.05) is 12.8 Å². The van der Waals surface area contributed by atoms with E-state index in [4.69, 9.17) is 18.9 Å². The third kappa shape index (κ3) is 69.6. The molecule has 0 aromatic heterocycles. The van der Waals surface area contributed by atoms with Crippen molar-refractivity contribution < 1.29 is 42.9 Å². The largest absolute Gasteiger partial charge is 0.545 e. The fourth-order valence-electron chi connectivity index (χ4n) is 12.0. The summed E-state index contributed by atoms with van der Waals surface area (Å²) in [5.41, 5.74) is 0. The van der Waals surface area contributed by atoms with E-state index in [2.05, 4.69) is 13.8 Å². The zero-order valence-electron chi connectivity index (χ0n) is 58.0. The quantitative estimate of drug-likeness (QED) is 0.0256. The van der Waals surface area contributed by atoms with Gasteiger partial charge in [0.25, 0.3) is 0 Å². The van der Waals surface area contributed by atoms with Crippen LogP contribution < -0.4 is 5.11 Å². The van der Waals surface area contributed by atoms with Crippen LogP contribution in [0.5, 0.6) is 0 Å². The molecule has 0 saturated heterocycles. The number of hydrogen-bond acceptors (Lipinski definition) is 8. The molecule has 2 unspecified atom stereocenters. The Hall–Kier alpha value is -1.71. The van der Waals surface area contributed by atoms with Gasteiger partial charge in [-0.05, 0) is 12.8 Å². The Morgan fingerprint density at radius 3 is 0.753 bits per heavy atom. The van der Waals surface area contributed by atoms with E-state index in [9.17, 15) is 19.5 Å². The zero-order valence-corrected chi connectivity index (χ0v) is 58.0. The topological polar surface area (TPSA) is 111 Å². The minimum Gasteiger partial charge on any atom is -0.545 e. The summed E-state index contributed by atoms with van der Waals surface area (Å²) >= 11 is 0. The van der Waals surface area contributed by atoms with Crippen molar-refractivity contribution in [1.29, 1.82) is 0 Å². The minimum absolute atomic E-state index is 0.154. The number of esters is 2. The van der Waals surface area contributed by atoms with Gasteiger partial charge >= 0.3 is 11.9 Å². The molecule has 0 spiro atoms. The number of carboxylic acids is 1. The number of ether oxygens (including phenoxy) is 4. The molecule has 85 heavy (non-hydrogen) atoms. The molecule has 0 aromatic carbocycles. The summed E-state index contributed by atoms with van der Waals surface area (Å²) < 4.78 is 22.9. The highest BCUT2D eigenvalue weighted by Crippen LogP contribution is 2.20. The zero-order chi connectivity index (χ0) is 61.9. The molecule has 0 aliphatic heterocycles. The summed E-state index contributed by atoms with van der Waals surface area (Å²) in [4.78, 5) is 37.5. The van der Waals surface area contributed by atoms with Gasteiger partial charge in [-0.3, -0.25) is 9.59 Å². The second-order valence-corrected chi connectivity index (χ2v) is 27.7. The van der Waals surface area contributed by atoms with Crippen molar-refractivity contribution in [2.45, 2.75) is 424 Å². The maximum atomic E-state index is 12.9. The van der Waals surface area contributed by atoms with E-state index in [1.165, 1.54) is 347 Å². The molecule has 0 N–H and O–H groups in total. The molecule has 0 amide bonds. The van der Waals surface area contributed by atoms with Gasteiger partial charge < -0.3 is 33.3 Å². The summed E-state index contributed by atoms with van der Waals surface area (Å²) in [6.45, 7) is 4.85. The van der Waals surface area contributed by atoms with Crippen molar-refractivity contribution in [3.63, 3.8) is 0 Å². The molecule has 0 aliphatic rings. The van der Waals surface area contributed by atoms with Crippen molar-refractivity contribution in [2.24, 2.45) is 0 Å². The Morgan fingerprint density at radius 1 is 0.306 bits per heavy atom. The van der Waals surface area contributed by atoms with Crippen molar-refractivity contribution in [3.05, 3.63) is 0 Å². The molecule has 2 atom stereocenters. The van der Waals surface area contributed by atoms with Crippen LogP contribution in [0, 0.1) is 0 Å². The summed E-state index contributed by atoms with van der Waals surface area (Å²) in [7, 11) is 5.95. The van der Waals surface area contributed by atoms with Crippen LogP contribution in [0.4, 0.5) is 0 Å². The highest BCUT2D eigenvalue weighted by atomic mass is 16.7. The summed E-state index contributed by atoms with van der Waals surface area (Å²) in [6, 6.07) is 0. The van der Waals surface area contributed by atoms with Gasteiger partial charge in [0.1, 0.15) is 13.2 Å². The number of carbonyl (C=O) groups is 3. The SMILES string of the molecule is CCCCCCCCCCCCCCCCCCCCCCCCCCCCCCCCCCCCCCCC(=O)OC(COC(=O)CCCCCCCCCCCCCCCCCCCCCCCCC)COC(OCC[N+](C)(C)C)C(=O)[O-]. The van der Waals surface area contributed by atoms with E-state index in [0.717, 1.165) is 38.5 Å². The number of rotatable bonds is 73. The second kappa shape index (κ2) is 68.2. The predicted octanol–water partition coefficient (Wildman–Crippen LogP) is 22.5. The lowest BCUT2D eigenvalue weighted by molar-refractivity contribution is -0.870. The van der Waals surface area contributed by atoms with E-state index < -0.39 is 24.3 Å². The first-order valence-corrected chi connectivity index (χ1v) is 38.2. The Balaban J connectivity index is 3.94. The van der Waals surface area contributed by atoms with Crippen LogP contribution in [0.15, 0.2) is 0 Å². The molecule has 0 aliphatic carbocycles. The van der Waals surface area contributed by atoms with Gasteiger partial charge in [0.2, 0.25) is 0 Å². The number of hydrogen-bond donors (Lipinski definition) is 0. The van der Waals surface area contributed by atoms with Crippen LogP contribution in [0.25, 0.3) is 0 Å². The van der Waals surface area contributed by atoms with Crippen molar-refractivity contribution in [2.75, 3.05) is 47.5 Å². The number of carbonyl (C=O) groups excluding carboxylic acids is 3. The van der Waals surface area contributed by atoms with Crippen LogP contribution >= 0.6 is 0 Å². The lowest BCUT2D eigenvalue weighted by atomic mass is 10.0. The number of carboxylic acid groups (broad SMARTS) is 1. The van der Waals surface area contributed by atoms with Crippen molar-refractivity contribution in [3.8, 4) is 0 Å². The van der Waals surface area contributed by atoms with E-state index >= 15 is 0 Å². The molecule has 0 rings (SSSR count). The van der Waals surface area contributed by atoms with Gasteiger partial charge in [0.15, 0.2) is 12.4 Å². The van der Waals surface area contributed by atoms with Crippen LogP contribution in [0.2, 0.25) is 0 Å². The first-order chi connectivity index (χ1) is 41.6. The molecule has 0 aromatic rings. The first-order valence-electron chi connectivity index (χ1n) is 38.2. The molecular formula is C76H149NO8. The molecule has 506 valence electrons. The average molecular weight is 1210 g/mol. The Labute approximate surface area is 530 Å². The molecule has 0 bridgehead atoms.